The van der Waals surface area contributed by atoms with Crippen molar-refractivity contribution in [1.29, 1.82) is 0 Å². The van der Waals surface area contributed by atoms with E-state index in [1.807, 2.05) is 24.3 Å². The number of fused-ring (bicyclic) bond motifs is 5. The number of hydrogen-bond donors (Lipinski definition) is 0. The van der Waals surface area contributed by atoms with Crippen molar-refractivity contribution < 1.29 is 14.3 Å². The van der Waals surface area contributed by atoms with Crippen LogP contribution in [0.5, 0.6) is 11.5 Å². The van der Waals surface area contributed by atoms with E-state index in [4.69, 9.17) is 4.74 Å². The number of hydrogen-bond acceptors (Lipinski definition) is 3. The van der Waals surface area contributed by atoms with Crippen LogP contribution in [-0.4, -0.2) is 11.8 Å². The molecule has 136 valence electrons. The van der Waals surface area contributed by atoms with E-state index in [-0.39, 0.29) is 35.5 Å². The van der Waals surface area contributed by atoms with Crippen molar-refractivity contribution in [1.82, 2.24) is 0 Å². The van der Waals surface area contributed by atoms with E-state index in [0.717, 1.165) is 16.6 Å². The quantitative estimate of drug-likeness (QED) is 0.518. The molecule has 4 atom stereocenters. The van der Waals surface area contributed by atoms with Crippen LogP contribution in [0.1, 0.15) is 13.3 Å². The molecule has 1 saturated carbocycles. The van der Waals surface area contributed by atoms with E-state index >= 15 is 0 Å². The predicted molar refractivity (Wildman–Crippen MR) is 105 cm³/mol. The van der Waals surface area contributed by atoms with Gasteiger partial charge in [-0.1, -0.05) is 27.6 Å². The molecular formula is C22H18BrNO3. The Labute approximate surface area is 165 Å². The highest BCUT2D eigenvalue weighted by molar-refractivity contribution is 9.10. The number of carbonyl (C=O) groups is 2. The summed E-state index contributed by atoms with van der Waals surface area (Å²) in [6.07, 6.45) is 3.14. The zero-order chi connectivity index (χ0) is 18.7. The van der Waals surface area contributed by atoms with Gasteiger partial charge in [0.1, 0.15) is 11.5 Å². The molecule has 2 amide bonds. The van der Waals surface area contributed by atoms with Crippen molar-refractivity contribution in [3.63, 3.8) is 0 Å². The second-order valence-corrected chi connectivity index (χ2v) is 8.45. The van der Waals surface area contributed by atoms with Gasteiger partial charge < -0.3 is 4.74 Å². The van der Waals surface area contributed by atoms with Gasteiger partial charge in [0.2, 0.25) is 11.8 Å². The largest absolute Gasteiger partial charge is 0.457 e. The summed E-state index contributed by atoms with van der Waals surface area (Å²) in [7, 11) is 0. The number of nitrogens with zero attached hydrogens (tertiary/aromatic N) is 1. The minimum Gasteiger partial charge on any atom is -0.457 e. The third-order valence-electron chi connectivity index (χ3n) is 6.02. The molecule has 27 heavy (non-hydrogen) atoms. The molecule has 0 unspecified atom stereocenters. The number of amides is 2. The number of carbonyl (C=O) groups excluding carboxylic acids is 2. The number of rotatable bonds is 3. The van der Waals surface area contributed by atoms with Crippen molar-refractivity contribution in [3.05, 3.63) is 64.7 Å². The Bertz CT molecular complexity index is 964. The van der Waals surface area contributed by atoms with E-state index in [1.165, 1.54) is 10.5 Å². The van der Waals surface area contributed by atoms with Gasteiger partial charge in [-0.25, -0.2) is 0 Å². The second-order valence-electron chi connectivity index (χ2n) is 7.53. The lowest BCUT2D eigenvalue weighted by atomic mass is 9.82. The van der Waals surface area contributed by atoms with Crippen molar-refractivity contribution in [2.75, 3.05) is 4.90 Å². The van der Waals surface area contributed by atoms with Crippen LogP contribution in [0.3, 0.4) is 0 Å². The summed E-state index contributed by atoms with van der Waals surface area (Å²) in [5.74, 6) is 1.40. The molecule has 2 aromatic carbocycles. The molecule has 1 aliphatic heterocycles. The number of allylic oxidation sites excluding steroid dienone is 2. The normalized spacial score (nSPS) is 28.5. The number of benzene rings is 2. The first-order valence-corrected chi connectivity index (χ1v) is 9.92. The first-order valence-electron chi connectivity index (χ1n) is 9.12. The van der Waals surface area contributed by atoms with Crippen LogP contribution in [0, 0.1) is 23.7 Å². The van der Waals surface area contributed by atoms with Crippen LogP contribution in [0.15, 0.2) is 64.7 Å². The fraction of sp³-hybridized carbons (Fsp3) is 0.273. The van der Waals surface area contributed by atoms with Gasteiger partial charge in [-0.2, -0.15) is 0 Å². The molecule has 2 fully saturated rings. The summed E-state index contributed by atoms with van der Waals surface area (Å²) < 4.78 is 6.81. The maximum Gasteiger partial charge on any atom is 0.238 e. The topological polar surface area (TPSA) is 46.6 Å². The van der Waals surface area contributed by atoms with Crippen molar-refractivity contribution in [2.45, 2.75) is 13.3 Å². The Morgan fingerprint density at radius 3 is 2.19 bits per heavy atom. The van der Waals surface area contributed by atoms with Crippen LogP contribution in [0.4, 0.5) is 5.69 Å². The highest BCUT2D eigenvalue weighted by atomic mass is 79.9. The highest BCUT2D eigenvalue weighted by Gasteiger charge is 2.60. The number of imide groups is 1. The lowest BCUT2D eigenvalue weighted by Gasteiger charge is -2.19. The smallest absolute Gasteiger partial charge is 0.238 e. The molecule has 3 aliphatic rings. The third-order valence-corrected chi connectivity index (χ3v) is 6.55. The number of anilines is 1. The average Bonchev–Trinajstić information content (AvgIpc) is 3.29. The van der Waals surface area contributed by atoms with Gasteiger partial charge in [0.15, 0.2) is 0 Å². The third kappa shape index (κ3) is 2.56. The fourth-order valence-corrected chi connectivity index (χ4v) is 5.10. The Morgan fingerprint density at radius 2 is 1.52 bits per heavy atom. The molecule has 1 saturated heterocycles. The van der Waals surface area contributed by atoms with Gasteiger partial charge >= 0.3 is 0 Å². The van der Waals surface area contributed by atoms with Gasteiger partial charge in [-0.3, -0.25) is 14.5 Å². The lowest BCUT2D eigenvalue weighted by molar-refractivity contribution is -0.123. The summed E-state index contributed by atoms with van der Waals surface area (Å²) in [5.41, 5.74) is 1.89. The summed E-state index contributed by atoms with van der Waals surface area (Å²) in [6.45, 7) is 2.08. The molecule has 0 radical (unpaired) electrons. The van der Waals surface area contributed by atoms with Crippen LogP contribution < -0.4 is 9.64 Å². The summed E-state index contributed by atoms with van der Waals surface area (Å²) in [4.78, 5) is 27.3. The zero-order valence-corrected chi connectivity index (χ0v) is 16.3. The molecule has 2 bridgehead atoms. The SMILES string of the molecule is CC1=C[C@H]2C[C@H]1[C@@H]1C(=O)N(c3ccc(Oc4ccc(Br)cc4)cc3)C(=O)[C@H]12. The van der Waals surface area contributed by atoms with Gasteiger partial charge in [0.25, 0.3) is 0 Å². The van der Waals surface area contributed by atoms with E-state index in [2.05, 4.69) is 28.9 Å². The Morgan fingerprint density at radius 1 is 0.926 bits per heavy atom. The molecule has 5 heteroatoms. The molecule has 1 heterocycles. The van der Waals surface area contributed by atoms with Gasteiger partial charge in [-0.05, 0) is 73.7 Å². The van der Waals surface area contributed by atoms with Gasteiger partial charge in [0, 0.05) is 4.47 Å². The Balaban J connectivity index is 1.37. The molecule has 4 nitrogen and oxygen atoms in total. The maximum absolute atomic E-state index is 13.0. The summed E-state index contributed by atoms with van der Waals surface area (Å²) in [6, 6.07) is 14.7. The Kier molecular flexibility index (Phi) is 3.76. The molecule has 2 aliphatic carbocycles. The number of ether oxygens (including phenoxy) is 1. The van der Waals surface area contributed by atoms with E-state index in [9.17, 15) is 9.59 Å². The average molecular weight is 424 g/mol. The molecule has 5 rings (SSSR count). The van der Waals surface area contributed by atoms with Gasteiger partial charge in [-0.15, -0.1) is 0 Å². The van der Waals surface area contributed by atoms with Gasteiger partial charge in [0.05, 0.1) is 17.5 Å². The highest BCUT2D eigenvalue weighted by Crippen LogP contribution is 2.55. The van der Waals surface area contributed by atoms with Crippen molar-refractivity contribution in [3.8, 4) is 11.5 Å². The fourth-order valence-electron chi connectivity index (χ4n) is 4.83. The monoisotopic (exact) mass is 423 g/mol. The minimum absolute atomic E-state index is 0.0495. The maximum atomic E-state index is 13.0. The van der Waals surface area contributed by atoms with E-state index in [0.29, 0.717) is 11.4 Å². The van der Waals surface area contributed by atoms with Crippen LogP contribution in [0.2, 0.25) is 0 Å². The zero-order valence-electron chi connectivity index (χ0n) is 14.8. The van der Waals surface area contributed by atoms with Crippen LogP contribution in [0.25, 0.3) is 0 Å². The Hall–Kier alpha value is -2.40. The van der Waals surface area contributed by atoms with Crippen molar-refractivity contribution >= 4 is 33.4 Å². The van der Waals surface area contributed by atoms with E-state index < -0.39 is 0 Å². The number of halogens is 1. The molecule has 0 spiro atoms. The minimum atomic E-state index is -0.176. The second kappa shape index (κ2) is 6.06. The molecule has 0 N–H and O–H groups in total. The van der Waals surface area contributed by atoms with Crippen LogP contribution in [-0.2, 0) is 9.59 Å². The lowest BCUT2D eigenvalue weighted by Crippen LogP contribution is -2.32. The standard InChI is InChI=1S/C22H18BrNO3/c1-12-10-13-11-18(12)20-19(13)21(25)24(22(20)26)15-4-8-17(9-5-15)27-16-6-2-14(23)3-7-16/h2-10,13,18-20H,11H2,1H3/t13-,18+,19-,20-/m0/s1. The predicted octanol–water partition coefficient (Wildman–Crippen LogP) is 4.94. The first kappa shape index (κ1) is 16.8. The van der Waals surface area contributed by atoms with Crippen LogP contribution >= 0.6 is 15.9 Å². The molecule has 2 aromatic rings. The first-order chi connectivity index (χ1) is 13.0. The molecule has 0 aromatic heterocycles. The van der Waals surface area contributed by atoms with E-state index in [1.54, 1.807) is 24.3 Å². The van der Waals surface area contributed by atoms with Crippen molar-refractivity contribution in [2.24, 2.45) is 23.7 Å². The summed E-state index contributed by atoms with van der Waals surface area (Å²) >= 11 is 3.40. The summed E-state index contributed by atoms with van der Waals surface area (Å²) in [5, 5.41) is 0. The molecular weight excluding hydrogens is 406 g/mol.